The molecule has 1 atom stereocenters. The normalized spacial score (nSPS) is 22.7. The molecule has 0 aliphatic carbocycles. The number of hydrogen-bond donors (Lipinski definition) is 2. The van der Waals surface area contributed by atoms with Crippen molar-refractivity contribution in [3.63, 3.8) is 0 Å². The zero-order valence-corrected chi connectivity index (χ0v) is 13.2. The number of rotatable bonds is 3. The highest BCUT2D eigenvalue weighted by Gasteiger charge is 2.49. The molecule has 6 nitrogen and oxygen atoms in total. The van der Waals surface area contributed by atoms with Crippen LogP contribution in [0.2, 0.25) is 0 Å². The third-order valence-corrected chi connectivity index (χ3v) is 5.00. The smallest absolute Gasteiger partial charge is 0.312 e. The van der Waals surface area contributed by atoms with Gasteiger partial charge in [0, 0.05) is 6.42 Å². The molecule has 0 radical (unpaired) electrons. The van der Waals surface area contributed by atoms with E-state index in [1.54, 1.807) is 12.1 Å². The molecule has 0 amide bonds. The zero-order valence-electron chi connectivity index (χ0n) is 13.2. The van der Waals surface area contributed by atoms with Crippen LogP contribution in [0.25, 0.3) is 10.9 Å². The number of aromatic nitrogens is 2. The molecule has 1 spiro atoms. The van der Waals surface area contributed by atoms with Gasteiger partial charge in [-0.05, 0) is 38.1 Å². The number of piperidine rings is 1. The predicted molar refractivity (Wildman–Crippen MR) is 87.0 cm³/mol. The second kappa shape index (κ2) is 5.98. The summed E-state index contributed by atoms with van der Waals surface area (Å²) in [6, 6.07) is 4.75. The summed E-state index contributed by atoms with van der Waals surface area (Å²) in [5, 5.41) is 6.76. The first-order valence-electron chi connectivity index (χ1n) is 8.23. The van der Waals surface area contributed by atoms with E-state index in [0.717, 1.165) is 25.9 Å². The van der Waals surface area contributed by atoms with Gasteiger partial charge >= 0.3 is 5.97 Å². The van der Waals surface area contributed by atoms with Gasteiger partial charge in [0.15, 0.2) is 0 Å². The summed E-state index contributed by atoms with van der Waals surface area (Å²) in [5.41, 5.74) is 0.196. The van der Waals surface area contributed by atoms with Gasteiger partial charge in [-0.1, -0.05) is 6.07 Å². The first kappa shape index (κ1) is 15.3. The number of carbonyl (C=O) groups is 1. The molecule has 2 aliphatic heterocycles. The molecule has 1 aromatic carbocycles. The van der Waals surface area contributed by atoms with Gasteiger partial charge in [-0.2, -0.15) is 0 Å². The van der Waals surface area contributed by atoms with Gasteiger partial charge in [0.05, 0.1) is 22.9 Å². The predicted octanol–water partition coefficient (Wildman–Crippen LogP) is 1.87. The molecule has 2 N–H and O–H groups in total. The largest absolute Gasteiger partial charge is 0.460 e. The first-order valence-corrected chi connectivity index (χ1v) is 8.23. The van der Waals surface area contributed by atoms with Crippen LogP contribution in [0.4, 0.5) is 10.2 Å². The molecule has 2 saturated heterocycles. The number of benzene rings is 1. The van der Waals surface area contributed by atoms with Crippen LogP contribution in [0.1, 0.15) is 19.3 Å². The third-order valence-electron chi connectivity index (χ3n) is 5.00. The molecule has 4 rings (SSSR count). The van der Waals surface area contributed by atoms with Gasteiger partial charge in [-0.3, -0.25) is 4.79 Å². The second-order valence-corrected chi connectivity index (χ2v) is 6.50. The molecule has 2 aliphatic rings. The number of halogens is 1. The molecule has 2 fully saturated rings. The van der Waals surface area contributed by atoms with E-state index in [-0.39, 0.29) is 23.3 Å². The Hall–Kier alpha value is -2.28. The Kier molecular flexibility index (Phi) is 3.80. The van der Waals surface area contributed by atoms with Crippen LogP contribution in [0, 0.1) is 11.2 Å². The molecule has 0 saturated carbocycles. The van der Waals surface area contributed by atoms with E-state index in [0.29, 0.717) is 29.7 Å². The summed E-state index contributed by atoms with van der Waals surface area (Å²) in [6.45, 7) is 2.11. The fourth-order valence-electron chi connectivity index (χ4n) is 3.68. The highest BCUT2D eigenvalue weighted by Crippen LogP contribution is 2.41. The number of carbonyl (C=O) groups excluding carboxylic acids is 1. The zero-order chi connectivity index (χ0) is 16.6. The van der Waals surface area contributed by atoms with Crippen molar-refractivity contribution in [1.29, 1.82) is 0 Å². The number of anilines is 1. The average molecular weight is 330 g/mol. The number of ether oxygens (including phenoxy) is 1. The van der Waals surface area contributed by atoms with Crippen molar-refractivity contribution in [2.24, 2.45) is 5.41 Å². The van der Waals surface area contributed by atoms with Crippen LogP contribution >= 0.6 is 0 Å². The summed E-state index contributed by atoms with van der Waals surface area (Å²) in [5.74, 6) is -0.0382. The summed E-state index contributed by atoms with van der Waals surface area (Å²) >= 11 is 0. The number of nitrogens with zero attached hydrogens (tertiary/aromatic N) is 2. The quantitative estimate of drug-likeness (QED) is 0.837. The van der Waals surface area contributed by atoms with E-state index < -0.39 is 0 Å². The summed E-state index contributed by atoms with van der Waals surface area (Å²) in [7, 11) is 0. The van der Waals surface area contributed by atoms with Crippen molar-refractivity contribution in [2.75, 3.05) is 25.0 Å². The van der Waals surface area contributed by atoms with Crippen molar-refractivity contribution >= 4 is 22.7 Å². The maximum atomic E-state index is 14.1. The van der Waals surface area contributed by atoms with Crippen molar-refractivity contribution < 1.29 is 13.9 Å². The standard InChI is InChI=1S/C17H19FN4O2/c18-12-2-1-3-13-14(12)15(22-10-21-13)20-9-11-8-17(16(23)24-11)4-6-19-7-5-17/h1-3,10-11,19H,4-9H2,(H,20,21,22). The molecule has 0 bridgehead atoms. The van der Waals surface area contributed by atoms with E-state index in [2.05, 4.69) is 20.6 Å². The molecular weight excluding hydrogens is 311 g/mol. The Morgan fingerprint density at radius 3 is 3.00 bits per heavy atom. The summed E-state index contributed by atoms with van der Waals surface area (Å²) < 4.78 is 19.6. The number of hydrogen-bond acceptors (Lipinski definition) is 6. The van der Waals surface area contributed by atoms with Crippen LogP contribution in [0.15, 0.2) is 24.5 Å². The van der Waals surface area contributed by atoms with Gasteiger partial charge in [-0.15, -0.1) is 0 Å². The maximum absolute atomic E-state index is 14.1. The highest BCUT2D eigenvalue weighted by molar-refractivity contribution is 5.89. The molecule has 2 aromatic rings. The van der Waals surface area contributed by atoms with E-state index in [1.807, 2.05) is 0 Å². The van der Waals surface area contributed by atoms with Crippen LogP contribution < -0.4 is 10.6 Å². The van der Waals surface area contributed by atoms with Crippen molar-refractivity contribution in [2.45, 2.75) is 25.4 Å². The lowest BCUT2D eigenvalue weighted by molar-refractivity contribution is -0.149. The highest BCUT2D eigenvalue weighted by atomic mass is 19.1. The van der Waals surface area contributed by atoms with Gasteiger partial charge in [-0.25, -0.2) is 14.4 Å². The van der Waals surface area contributed by atoms with Gasteiger partial charge in [0.1, 0.15) is 24.1 Å². The molecule has 24 heavy (non-hydrogen) atoms. The van der Waals surface area contributed by atoms with Crippen LogP contribution in [0.5, 0.6) is 0 Å². The molecule has 7 heteroatoms. The monoisotopic (exact) mass is 330 g/mol. The summed E-state index contributed by atoms with van der Waals surface area (Å²) in [4.78, 5) is 20.5. The molecular formula is C17H19FN4O2. The van der Waals surface area contributed by atoms with Crippen molar-refractivity contribution in [3.05, 3.63) is 30.3 Å². The van der Waals surface area contributed by atoms with E-state index in [1.165, 1.54) is 12.4 Å². The van der Waals surface area contributed by atoms with Crippen molar-refractivity contribution in [1.82, 2.24) is 15.3 Å². The van der Waals surface area contributed by atoms with Crippen LogP contribution in [-0.4, -0.2) is 41.7 Å². The lowest BCUT2D eigenvalue weighted by atomic mass is 9.76. The molecule has 1 unspecified atom stereocenters. The van der Waals surface area contributed by atoms with Gasteiger partial charge in [0.25, 0.3) is 0 Å². The second-order valence-electron chi connectivity index (χ2n) is 6.50. The number of esters is 1. The fraction of sp³-hybridized carbons (Fsp3) is 0.471. The lowest BCUT2D eigenvalue weighted by Gasteiger charge is -2.29. The molecule has 126 valence electrons. The fourth-order valence-corrected chi connectivity index (χ4v) is 3.68. The van der Waals surface area contributed by atoms with Gasteiger partial charge < -0.3 is 15.4 Å². The maximum Gasteiger partial charge on any atom is 0.312 e. The Morgan fingerprint density at radius 1 is 1.33 bits per heavy atom. The van der Waals surface area contributed by atoms with Crippen molar-refractivity contribution in [3.8, 4) is 0 Å². The number of nitrogens with one attached hydrogen (secondary N) is 2. The minimum atomic E-state index is -0.367. The van der Waals surface area contributed by atoms with E-state index >= 15 is 0 Å². The Bertz CT molecular complexity index is 771. The molecule has 3 heterocycles. The number of cyclic esters (lactones) is 1. The summed E-state index contributed by atoms with van der Waals surface area (Å²) in [6.07, 6.45) is 3.51. The number of fused-ring (bicyclic) bond motifs is 1. The van der Waals surface area contributed by atoms with Gasteiger partial charge in [0.2, 0.25) is 0 Å². The van der Waals surface area contributed by atoms with Crippen LogP contribution in [-0.2, 0) is 9.53 Å². The average Bonchev–Trinajstić information content (AvgIpc) is 2.89. The van der Waals surface area contributed by atoms with Crippen LogP contribution in [0.3, 0.4) is 0 Å². The topological polar surface area (TPSA) is 76.1 Å². The Morgan fingerprint density at radius 2 is 2.17 bits per heavy atom. The Labute approximate surface area is 138 Å². The lowest BCUT2D eigenvalue weighted by Crippen LogP contribution is -2.39. The third kappa shape index (κ3) is 2.58. The minimum Gasteiger partial charge on any atom is -0.460 e. The SMILES string of the molecule is O=C1OC(CNc2ncnc3cccc(F)c23)CC12CCNCC2. The van der Waals surface area contributed by atoms with E-state index in [4.69, 9.17) is 4.74 Å². The first-order chi connectivity index (χ1) is 11.7. The Balaban J connectivity index is 1.49. The minimum absolute atomic E-state index is 0.102. The van der Waals surface area contributed by atoms with E-state index in [9.17, 15) is 9.18 Å². The molecule has 1 aromatic heterocycles.